The van der Waals surface area contributed by atoms with Gasteiger partial charge in [-0.3, -0.25) is 0 Å². The number of hydrogen-bond acceptors (Lipinski definition) is 2. The number of carbonyl (C=O) groups is 1. The second kappa shape index (κ2) is 4.28. The molecule has 1 aromatic carbocycles. The molecule has 0 saturated carbocycles. The first-order chi connectivity index (χ1) is 5.66. The van der Waals surface area contributed by atoms with Crippen LogP contribution in [0.25, 0.3) is 0 Å². The number of para-hydroxylation sites is 1. The van der Waals surface area contributed by atoms with Crippen molar-refractivity contribution < 1.29 is 34.5 Å². The van der Waals surface area contributed by atoms with Gasteiger partial charge in [0.25, 0.3) is 0 Å². The van der Waals surface area contributed by atoms with E-state index in [2.05, 4.69) is 17.1 Å². The second-order valence-corrected chi connectivity index (χ2v) is 8.59. The normalized spacial score (nSPS) is 9.17. The monoisotopic (exact) mass is 370 g/mol. The van der Waals surface area contributed by atoms with Crippen LogP contribution in [-0.4, -0.2) is 10.2 Å². The van der Waals surface area contributed by atoms with Crippen LogP contribution in [0.3, 0.4) is 0 Å². The van der Waals surface area contributed by atoms with Crippen molar-refractivity contribution in [2.24, 2.45) is 0 Å². The Hall–Kier alpha value is -0.0249. The fourth-order valence-corrected chi connectivity index (χ4v) is 4.72. The molecule has 0 fully saturated rings. The van der Waals surface area contributed by atoms with E-state index in [1.54, 1.807) is 12.1 Å². The number of rotatable bonds is 2. The van der Waals surface area contributed by atoms with Gasteiger partial charge in [0.05, 0.1) is 0 Å². The summed E-state index contributed by atoms with van der Waals surface area (Å²) in [6.07, 6.45) is 0. The van der Waals surface area contributed by atoms with Gasteiger partial charge in [0.1, 0.15) is 0 Å². The van der Waals surface area contributed by atoms with Crippen molar-refractivity contribution in [1.29, 1.82) is 0 Å². The molecule has 0 spiro atoms. The fraction of sp³-hybridized carbons (Fsp3) is 0.125. The van der Waals surface area contributed by atoms with Crippen LogP contribution in [0.15, 0.2) is 18.2 Å². The van der Waals surface area contributed by atoms with Gasteiger partial charge < -0.3 is 0 Å². The van der Waals surface area contributed by atoms with E-state index in [4.69, 9.17) is 0 Å². The molecule has 60 valence electrons. The van der Waals surface area contributed by atoms with Gasteiger partial charge in [0.15, 0.2) is 0 Å². The van der Waals surface area contributed by atoms with Crippen molar-refractivity contribution in [3.05, 3.63) is 23.8 Å². The summed E-state index contributed by atoms with van der Waals surface area (Å²) in [6.45, 7) is 0. The average Bonchev–Trinajstić information content (AvgIpc) is 2.04. The summed E-state index contributed by atoms with van der Waals surface area (Å²) in [7, 11) is 0. The van der Waals surface area contributed by atoms with Gasteiger partial charge in [-0.25, -0.2) is 0 Å². The first-order valence-electron chi connectivity index (χ1n) is 3.71. The van der Waals surface area contributed by atoms with Crippen LogP contribution in [-0.2, 0) is 24.6 Å². The molecule has 0 aliphatic carbocycles. The quantitative estimate of drug-likeness (QED) is 0.608. The molecule has 12 heavy (non-hydrogen) atoms. The van der Waals surface area contributed by atoms with E-state index in [-0.39, 0.29) is 10.9 Å². The maximum atomic E-state index is 10.9. The first-order valence-corrected chi connectivity index (χ1v) is 12.4. The SMILES string of the molecule is [CH3][Hg][c]1cccc(C(=O)S)c1O. The summed E-state index contributed by atoms with van der Waals surface area (Å²) in [6, 6.07) is 5.27. The summed E-state index contributed by atoms with van der Waals surface area (Å²) in [5, 5.41) is 9.18. The van der Waals surface area contributed by atoms with Crippen molar-refractivity contribution in [3.8, 4) is 5.75 Å². The van der Waals surface area contributed by atoms with E-state index in [1.807, 2.05) is 6.07 Å². The Bertz CT molecular complexity index is 312. The van der Waals surface area contributed by atoms with Crippen molar-refractivity contribution >= 4 is 20.8 Å². The molecule has 0 aliphatic heterocycles. The molecule has 0 atom stereocenters. The summed E-state index contributed by atoms with van der Waals surface area (Å²) in [5.41, 5.74) is 0.331. The zero-order valence-electron chi connectivity index (χ0n) is 6.74. The third-order valence-corrected chi connectivity index (χ3v) is 7.15. The van der Waals surface area contributed by atoms with Crippen molar-refractivity contribution in [2.45, 2.75) is 4.43 Å². The Morgan fingerprint density at radius 1 is 1.58 bits per heavy atom. The molecule has 0 bridgehead atoms. The van der Waals surface area contributed by atoms with Gasteiger partial charge in [0.2, 0.25) is 0 Å². The summed E-state index contributed by atoms with van der Waals surface area (Å²) < 4.78 is 3.14. The van der Waals surface area contributed by atoms with Crippen molar-refractivity contribution in [1.82, 2.24) is 0 Å². The number of hydrogen-bond donors (Lipinski definition) is 2. The molecule has 1 aromatic rings. The molecule has 0 unspecified atom stereocenters. The van der Waals surface area contributed by atoms with Gasteiger partial charge in [-0.2, -0.15) is 0 Å². The van der Waals surface area contributed by atoms with Crippen LogP contribution >= 0.6 is 12.6 Å². The molecule has 0 saturated heterocycles. The summed E-state index contributed by atoms with van der Waals surface area (Å²) in [4.78, 5) is 10.9. The first kappa shape index (κ1) is 10.1. The van der Waals surface area contributed by atoms with Gasteiger partial charge in [0, 0.05) is 0 Å². The van der Waals surface area contributed by atoms with Crippen molar-refractivity contribution in [3.63, 3.8) is 0 Å². The molecular weight excluding hydrogens is 361 g/mol. The molecule has 0 amide bonds. The molecule has 2 nitrogen and oxygen atoms in total. The van der Waals surface area contributed by atoms with Gasteiger partial charge in [-0.05, 0) is 0 Å². The van der Waals surface area contributed by atoms with E-state index in [0.717, 1.165) is 3.07 Å². The summed E-state index contributed by atoms with van der Waals surface area (Å²) in [5.74, 6) is 0.154. The molecule has 1 N–H and O–H groups in total. The molecule has 0 aromatic heterocycles. The van der Waals surface area contributed by atoms with Crippen LogP contribution in [0.2, 0.25) is 4.43 Å². The van der Waals surface area contributed by atoms with E-state index in [0.29, 0.717) is 5.56 Å². The molecule has 0 aliphatic rings. The Labute approximate surface area is 88.8 Å². The minimum atomic E-state index is -1.11. The van der Waals surface area contributed by atoms with Crippen LogP contribution in [0.1, 0.15) is 10.4 Å². The number of thiol groups is 1. The number of benzene rings is 1. The van der Waals surface area contributed by atoms with E-state index >= 15 is 0 Å². The maximum absolute atomic E-state index is 10.9. The Kier molecular flexibility index (Phi) is 3.59. The Morgan fingerprint density at radius 3 is 2.75 bits per heavy atom. The van der Waals surface area contributed by atoms with E-state index in [1.165, 1.54) is 0 Å². The zero-order valence-corrected chi connectivity index (χ0v) is 13.1. The van der Waals surface area contributed by atoms with Crippen LogP contribution in [0, 0.1) is 0 Å². The number of carbonyl (C=O) groups excluding carboxylic acids is 1. The number of aromatic hydroxyl groups is 1. The summed E-state index contributed by atoms with van der Waals surface area (Å²) >= 11 is 2.56. The number of phenolic OH excluding ortho intramolecular Hbond substituents is 1. The van der Waals surface area contributed by atoms with Crippen LogP contribution in [0.5, 0.6) is 5.75 Å². The molecule has 1 rings (SSSR count). The molecule has 0 heterocycles. The van der Waals surface area contributed by atoms with Gasteiger partial charge in [-0.1, -0.05) is 0 Å². The molecular formula is C8H8HgO2S. The van der Waals surface area contributed by atoms with E-state index in [9.17, 15) is 9.90 Å². The predicted molar refractivity (Wildman–Crippen MR) is 46.9 cm³/mol. The van der Waals surface area contributed by atoms with Crippen LogP contribution in [0.4, 0.5) is 0 Å². The molecule has 0 radical (unpaired) electrons. The van der Waals surface area contributed by atoms with Crippen molar-refractivity contribution in [2.75, 3.05) is 0 Å². The third kappa shape index (κ3) is 2.01. The average molecular weight is 369 g/mol. The Morgan fingerprint density at radius 2 is 2.25 bits per heavy atom. The standard InChI is InChI=1S/C7H5O2S.CH3.Hg/c8-6-4-2-1-3-5(6)7(9)10;;/h1-3,8H,(H,9,10);1H3;. The second-order valence-electron chi connectivity index (χ2n) is 2.47. The topological polar surface area (TPSA) is 37.3 Å². The zero-order chi connectivity index (χ0) is 9.14. The van der Waals surface area contributed by atoms with E-state index < -0.39 is 24.6 Å². The van der Waals surface area contributed by atoms with Crippen LogP contribution < -0.4 is 3.07 Å². The minimum absolute atomic E-state index is 0.154. The number of phenols is 1. The fourth-order valence-electron chi connectivity index (χ4n) is 1.05. The molecule has 4 heteroatoms. The van der Waals surface area contributed by atoms with Gasteiger partial charge in [-0.15, -0.1) is 0 Å². The predicted octanol–water partition coefficient (Wildman–Crippen LogP) is 1.22. The third-order valence-electron chi connectivity index (χ3n) is 1.73. The Balaban J connectivity index is 3.23. The van der Waals surface area contributed by atoms with Gasteiger partial charge >= 0.3 is 89.2 Å².